The van der Waals surface area contributed by atoms with Crippen LogP contribution in [0.5, 0.6) is 0 Å². The largest absolute Gasteiger partial charge is 0.383 e. The fourth-order valence-electron chi connectivity index (χ4n) is 1.22. The summed E-state index contributed by atoms with van der Waals surface area (Å²) in [5.41, 5.74) is 1.07. The van der Waals surface area contributed by atoms with Crippen LogP contribution in [0.15, 0.2) is 6.20 Å². The van der Waals surface area contributed by atoms with E-state index >= 15 is 0 Å². The SMILES string of the molecule is COCCNCCc1c(Cl)cnn1C. The lowest BCUT2D eigenvalue weighted by atomic mass is 10.3. The van der Waals surface area contributed by atoms with Crippen LogP contribution in [0, 0.1) is 0 Å². The summed E-state index contributed by atoms with van der Waals surface area (Å²) in [5, 5.41) is 8.05. The first-order valence-electron chi connectivity index (χ1n) is 4.61. The van der Waals surface area contributed by atoms with Crippen LogP contribution in [0.3, 0.4) is 0 Å². The minimum atomic E-state index is 0.735. The third kappa shape index (κ3) is 3.29. The highest BCUT2D eigenvalue weighted by atomic mass is 35.5. The van der Waals surface area contributed by atoms with E-state index in [0.29, 0.717) is 0 Å². The van der Waals surface area contributed by atoms with Crippen LogP contribution in [-0.4, -0.2) is 36.6 Å². The van der Waals surface area contributed by atoms with Crippen LogP contribution in [0.4, 0.5) is 0 Å². The van der Waals surface area contributed by atoms with Gasteiger partial charge in [0.25, 0.3) is 0 Å². The lowest BCUT2D eigenvalue weighted by Gasteiger charge is -2.04. The predicted molar refractivity (Wildman–Crippen MR) is 56.7 cm³/mol. The van der Waals surface area contributed by atoms with Gasteiger partial charge in [-0.15, -0.1) is 0 Å². The Hall–Kier alpha value is -0.580. The number of nitrogens with zero attached hydrogens (tertiary/aromatic N) is 2. The van der Waals surface area contributed by atoms with Crippen molar-refractivity contribution in [2.45, 2.75) is 6.42 Å². The van der Waals surface area contributed by atoms with E-state index in [1.807, 2.05) is 7.05 Å². The number of hydrogen-bond donors (Lipinski definition) is 1. The second-order valence-electron chi connectivity index (χ2n) is 3.06. The number of methoxy groups -OCH3 is 1. The van der Waals surface area contributed by atoms with Gasteiger partial charge < -0.3 is 10.1 Å². The number of aryl methyl sites for hydroxylation is 1. The first kappa shape index (κ1) is 11.5. The smallest absolute Gasteiger partial charge is 0.0818 e. The van der Waals surface area contributed by atoms with Crippen molar-refractivity contribution in [1.82, 2.24) is 15.1 Å². The second kappa shape index (κ2) is 6.01. The van der Waals surface area contributed by atoms with Crippen LogP contribution < -0.4 is 5.32 Å². The average Bonchev–Trinajstić information content (AvgIpc) is 2.48. The number of aromatic nitrogens is 2. The molecule has 14 heavy (non-hydrogen) atoms. The molecule has 80 valence electrons. The van der Waals surface area contributed by atoms with Gasteiger partial charge in [-0.1, -0.05) is 11.6 Å². The Morgan fingerprint density at radius 2 is 2.36 bits per heavy atom. The first-order valence-corrected chi connectivity index (χ1v) is 4.99. The summed E-state index contributed by atoms with van der Waals surface area (Å²) in [6, 6.07) is 0. The first-order chi connectivity index (χ1) is 6.75. The van der Waals surface area contributed by atoms with E-state index in [2.05, 4.69) is 10.4 Å². The maximum absolute atomic E-state index is 5.95. The molecule has 0 saturated carbocycles. The molecule has 0 atom stereocenters. The van der Waals surface area contributed by atoms with Crippen LogP contribution in [0.2, 0.25) is 5.02 Å². The van der Waals surface area contributed by atoms with Crippen molar-refractivity contribution in [2.24, 2.45) is 7.05 Å². The quantitative estimate of drug-likeness (QED) is 0.719. The molecule has 4 nitrogen and oxygen atoms in total. The van der Waals surface area contributed by atoms with Gasteiger partial charge in [-0.05, 0) is 0 Å². The lowest BCUT2D eigenvalue weighted by molar-refractivity contribution is 0.199. The Labute approximate surface area is 89.2 Å². The number of nitrogens with one attached hydrogen (secondary N) is 1. The Balaban J connectivity index is 2.24. The van der Waals surface area contributed by atoms with Gasteiger partial charge in [0.1, 0.15) is 0 Å². The topological polar surface area (TPSA) is 39.1 Å². The van der Waals surface area contributed by atoms with E-state index in [9.17, 15) is 0 Å². The number of hydrogen-bond acceptors (Lipinski definition) is 3. The molecule has 1 aromatic heterocycles. The molecule has 1 N–H and O–H groups in total. The molecule has 0 aliphatic heterocycles. The summed E-state index contributed by atoms with van der Waals surface area (Å²) < 4.78 is 6.73. The van der Waals surface area contributed by atoms with Crippen LogP contribution >= 0.6 is 11.6 Å². The molecule has 0 aliphatic carbocycles. The molecule has 1 heterocycles. The molecular weight excluding hydrogens is 202 g/mol. The molecule has 5 heteroatoms. The van der Waals surface area contributed by atoms with E-state index in [4.69, 9.17) is 16.3 Å². The van der Waals surface area contributed by atoms with Crippen molar-refractivity contribution < 1.29 is 4.74 Å². The summed E-state index contributed by atoms with van der Waals surface area (Å²) in [6.45, 7) is 2.49. The maximum atomic E-state index is 5.95. The third-order valence-corrected chi connectivity index (χ3v) is 2.35. The summed E-state index contributed by atoms with van der Waals surface area (Å²) >= 11 is 5.95. The van der Waals surface area contributed by atoms with Crippen LogP contribution in [0.25, 0.3) is 0 Å². The molecule has 0 bridgehead atoms. The van der Waals surface area contributed by atoms with E-state index in [1.54, 1.807) is 18.0 Å². The van der Waals surface area contributed by atoms with Gasteiger partial charge in [-0.25, -0.2) is 0 Å². The highest BCUT2D eigenvalue weighted by Gasteiger charge is 2.04. The molecule has 1 rings (SSSR count). The molecule has 0 radical (unpaired) electrons. The van der Waals surface area contributed by atoms with Gasteiger partial charge in [0.05, 0.1) is 23.5 Å². The minimum Gasteiger partial charge on any atom is -0.383 e. The van der Waals surface area contributed by atoms with Gasteiger partial charge in [0.15, 0.2) is 0 Å². The summed E-state index contributed by atoms with van der Waals surface area (Å²) in [6.07, 6.45) is 2.56. The van der Waals surface area contributed by atoms with Crippen LogP contribution in [-0.2, 0) is 18.2 Å². The zero-order valence-electron chi connectivity index (χ0n) is 8.59. The summed E-state index contributed by atoms with van der Waals surface area (Å²) in [4.78, 5) is 0. The van der Waals surface area contributed by atoms with Crippen molar-refractivity contribution in [3.8, 4) is 0 Å². The normalized spacial score (nSPS) is 10.8. The van der Waals surface area contributed by atoms with Gasteiger partial charge in [0.2, 0.25) is 0 Å². The van der Waals surface area contributed by atoms with Gasteiger partial charge in [-0.3, -0.25) is 4.68 Å². The van der Waals surface area contributed by atoms with Gasteiger partial charge in [0, 0.05) is 33.7 Å². The van der Waals surface area contributed by atoms with E-state index < -0.39 is 0 Å². The average molecular weight is 218 g/mol. The minimum absolute atomic E-state index is 0.735. The summed E-state index contributed by atoms with van der Waals surface area (Å²) in [7, 11) is 3.59. The van der Waals surface area contributed by atoms with E-state index in [0.717, 1.165) is 36.8 Å². The molecule has 0 aliphatic rings. The van der Waals surface area contributed by atoms with E-state index in [-0.39, 0.29) is 0 Å². The zero-order valence-corrected chi connectivity index (χ0v) is 9.34. The standard InChI is InChI=1S/C9H16ClN3O/c1-13-9(8(10)7-12-13)3-4-11-5-6-14-2/h7,11H,3-6H2,1-2H3. The van der Waals surface area contributed by atoms with Crippen molar-refractivity contribution >= 4 is 11.6 Å². The molecular formula is C9H16ClN3O. The predicted octanol–water partition coefficient (Wildman–Crippen LogP) is 0.852. The van der Waals surface area contributed by atoms with Crippen molar-refractivity contribution in [1.29, 1.82) is 0 Å². The zero-order chi connectivity index (χ0) is 10.4. The molecule has 1 aromatic rings. The van der Waals surface area contributed by atoms with Gasteiger partial charge >= 0.3 is 0 Å². The van der Waals surface area contributed by atoms with Crippen LogP contribution in [0.1, 0.15) is 5.69 Å². The second-order valence-corrected chi connectivity index (χ2v) is 3.46. The number of halogens is 1. The molecule has 0 aromatic carbocycles. The Kier molecular flexibility index (Phi) is 4.93. The lowest BCUT2D eigenvalue weighted by Crippen LogP contribution is -2.22. The molecule has 0 unspecified atom stereocenters. The Morgan fingerprint density at radius 1 is 1.57 bits per heavy atom. The van der Waals surface area contributed by atoms with Crippen molar-refractivity contribution in [3.05, 3.63) is 16.9 Å². The monoisotopic (exact) mass is 217 g/mol. The number of ether oxygens (including phenoxy) is 1. The molecule has 0 spiro atoms. The highest BCUT2D eigenvalue weighted by molar-refractivity contribution is 6.31. The fourth-order valence-corrected chi connectivity index (χ4v) is 1.48. The fraction of sp³-hybridized carbons (Fsp3) is 0.667. The van der Waals surface area contributed by atoms with Gasteiger partial charge in [-0.2, -0.15) is 5.10 Å². The Morgan fingerprint density at radius 3 is 2.93 bits per heavy atom. The highest BCUT2D eigenvalue weighted by Crippen LogP contribution is 2.13. The molecule has 0 fully saturated rings. The molecule has 0 saturated heterocycles. The summed E-state index contributed by atoms with van der Waals surface area (Å²) in [5.74, 6) is 0. The number of rotatable bonds is 6. The third-order valence-electron chi connectivity index (χ3n) is 2.03. The maximum Gasteiger partial charge on any atom is 0.0818 e. The molecule has 0 amide bonds. The van der Waals surface area contributed by atoms with Crippen molar-refractivity contribution in [3.63, 3.8) is 0 Å². The van der Waals surface area contributed by atoms with Crippen molar-refractivity contribution in [2.75, 3.05) is 26.8 Å². The Bertz CT molecular complexity index is 256. The van der Waals surface area contributed by atoms with E-state index in [1.165, 1.54) is 0 Å².